The predicted molar refractivity (Wildman–Crippen MR) is 210 cm³/mol. The molecule has 5 heterocycles. The zero-order chi connectivity index (χ0) is 43.3. The lowest BCUT2D eigenvalue weighted by atomic mass is 9.51. The summed E-state index contributed by atoms with van der Waals surface area (Å²) >= 11 is 0. The van der Waals surface area contributed by atoms with Crippen LogP contribution in [0.2, 0.25) is 0 Å². The van der Waals surface area contributed by atoms with Crippen molar-refractivity contribution in [2.75, 3.05) is 19.8 Å². The molecule has 348 valence electrons. The van der Waals surface area contributed by atoms with Gasteiger partial charge in [-0.1, -0.05) is 32.4 Å². The summed E-state index contributed by atoms with van der Waals surface area (Å²) in [6.07, 6.45) is -12.1. The van der Waals surface area contributed by atoms with Crippen molar-refractivity contribution < 1.29 is 83.9 Å². The van der Waals surface area contributed by atoms with E-state index < -0.39 is 111 Å². The van der Waals surface area contributed by atoms with E-state index in [-0.39, 0.29) is 17.6 Å². The van der Waals surface area contributed by atoms with Crippen LogP contribution < -0.4 is 0 Å². The zero-order valence-electron chi connectivity index (χ0n) is 35.7. The van der Waals surface area contributed by atoms with Crippen molar-refractivity contribution in [3.63, 3.8) is 0 Å². The Hall–Kier alpha value is -0.940. The summed E-state index contributed by atoms with van der Waals surface area (Å²) < 4.78 is 50.1. The van der Waals surface area contributed by atoms with E-state index >= 15 is 0 Å². The van der Waals surface area contributed by atoms with E-state index in [0.29, 0.717) is 54.3 Å². The largest absolute Gasteiger partial charge is 0.394 e. The lowest BCUT2D eigenvalue weighted by Crippen LogP contribution is -2.67. The number of hydrogen-bond donors (Lipinski definition) is 9. The molecular formula is C44H70O17. The van der Waals surface area contributed by atoms with Crippen molar-refractivity contribution >= 4 is 0 Å². The summed E-state index contributed by atoms with van der Waals surface area (Å²) in [5.41, 5.74) is 1.54. The Labute approximate surface area is 357 Å². The van der Waals surface area contributed by atoms with Gasteiger partial charge < -0.3 is 83.9 Å². The summed E-state index contributed by atoms with van der Waals surface area (Å²) in [4.78, 5) is 0. The second kappa shape index (κ2) is 17.4. The minimum atomic E-state index is -1.84. The van der Waals surface area contributed by atoms with Crippen LogP contribution in [-0.2, 0) is 37.9 Å². The van der Waals surface area contributed by atoms with Crippen molar-refractivity contribution in [3.8, 4) is 0 Å². The van der Waals surface area contributed by atoms with Gasteiger partial charge in [0.25, 0.3) is 0 Å². The minimum absolute atomic E-state index is 0.198. The molecule has 0 amide bonds. The maximum atomic E-state index is 11.6. The molecule has 0 bridgehead atoms. The molecule has 0 aromatic heterocycles. The normalized spacial score (nSPS) is 57.2. The molecule has 17 heteroatoms. The van der Waals surface area contributed by atoms with Crippen molar-refractivity contribution in [2.24, 2.45) is 46.8 Å². The van der Waals surface area contributed by atoms with Gasteiger partial charge in [-0.3, -0.25) is 0 Å². The van der Waals surface area contributed by atoms with Crippen molar-refractivity contribution in [2.45, 2.75) is 196 Å². The van der Waals surface area contributed by atoms with Crippen molar-refractivity contribution in [3.05, 3.63) is 11.6 Å². The van der Waals surface area contributed by atoms with Crippen LogP contribution in [0.5, 0.6) is 0 Å². The van der Waals surface area contributed by atoms with E-state index in [2.05, 4.69) is 26.8 Å². The van der Waals surface area contributed by atoms with Gasteiger partial charge in [-0.25, -0.2) is 0 Å². The number of aliphatic hydroxyl groups is 9. The molecule has 61 heavy (non-hydrogen) atoms. The summed E-state index contributed by atoms with van der Waals surface area (Å²) in [5.74, 6) is 3.07. The topological polar surface area (TPSA) is 256 Å². The molecule has 0 unspecified atom stereocenters. The quantitative estimate of drug-likeness (QED) is 0.144. The Morgan fingerprint density at radius 1 is 0.689 bits per heavy atom. The maximum Gasteiger partial charge on any atom is 0.187 e. The first-order chi connectivity index (χ1) is 29.1. The lowest BCUT2D eigenvalue weighted by Gasteiger charge is -2.55. The summed E-state index contributed by atoms with van der Waals surface area (Å²) in [6, 6.07) is 0. The Morgan fingerprint density at radius 3 is 2.07 bits per heavy atom. The van der Waals surface area contributed by atoms with E-state index in [1.807, 2.05) is 0 Å². The fourth-order valence-electron chi connectivity index (χ4n) is 13.6. The Balaban J connectivity index is 0.924. The first-order valence-electron chi connectivity index (χ1n) is 23.0. The van der Waals surface area contributed by atoms with Crippen LogP contribution in [0.1, 0.15) is 85.5 Å². The molecular weight excluding hydrogens is 800 g/mol. The molecule has 3 saturated carbocycles. The Kier molecular flexibility index (Phi) is 12.9. The first-order valence-corrected chi connectivity index (χ1v) is 23.0. The molecule has 4 aliphatic carbocycles. The number of fused-ring (bicyclic) bond motifs is 7. The van der Waals surface area contributed by atoms with Crippen molar-refractivity contribution in [1.29, 1.82) is 0 Å². The molecule has 0 aromatic rings. The highest BCUT2D eigenvalue weighted by Crippen LogP contribution is 2.69. The molecule has 5 saturated heterocycles. The highest BCUT2D eigenvalue weighted by molar-refractivity contribution is 5.22. The average Bonchev–Trinajstić information content (AvgIpc) is 3.70. The Morgan fingerprint density at radius 2 is 1.36 bits per heavy atom. The van der Waals surface area contributed by atoms with Gasteiger partial charge in [0.1, 0.15) is 67.1 Å². The molecule has 26 atom stereocenters. The van der Waals surface area contributed by atoms with E-state index in [0.717, 1.165) is 45.1 Å². The van der Waals surface area contributed by atoms with Gasteiger partial charge in [-0.15, -0.1) is 0 Å². The van der Waals surface area contributed by atoms with Gasteiger partial charge in [-0.2, -0.15) is 0 Å². The zero-order valence-corrected chi connectivity index (χ0v) is 35.7. The van der Waals surface area contributed by atoms with E-state index in [9.17, 15) is 46.0 Å². The van der Waals surface area contributed by atoms with E-state index in [1.165, 1.54) is 18.9 Å². The summed E-state index contributed by atoms with van der Waals surface area (Å²) in [5, 5.41) is 95.6. The third-order valence-electron chi connectivity index (χ3n) is 17.0. The van der Waals surface area contributed by atoms with Crippen LogP contribution in [0.25, 0.3) is 0 Å². The van der Waals surface area contributed by atoms with Crippen LogP contribution in [0.4, 0.5) is 0 Å². The van der Waals surface area contributed by atoms with Gasteiger partial charge in [0.2, 0.25) is 0 Å². The fourth-order valence-corrected chi connectivity index (χ4v) is 13.6. The number of ether oxygens (including phenoxy) is 8. The van der Waals surface area contributed by atoms with Crippen LogP contribution in [-0.4, -0.2) is 176 Å². The van der Waals surface area contributed by atoms with Gasteiger partial charge in [0.15, 0.2) is 24.7 Å². The van der Waals surface area contributed by atoms with Crippen LogP contribution in [0.3, 0.4) is 0 Å². The lowest BCUT2D eigenvalue weighted by molar-refractivity contribution is -0.394. The standard InChI is InChI=1S/C44H70O17/c1-18-9-12-44(54-17-18)19(2)30-27(61-44)14-26-25-7-5-21-13-22(6-8-23(21)24(25)10-11-43(26,30)4)56-42-39(60-40-36(52)34(50)31(47)20(3)55-40)38(33(49)29(16-46)58-42)59-41-37(53)35(51)32(48)28(15-45)57-41/h5,18-20,22-42,45-53H,6-17H2,1-4H3/t18-,19+,20+,22+,23+,24-,25-,26+,27+,28-,29-,30+,31+,32-,33-,34-,35+,36-,37-,38+,39-,40+,41+,42-,43+,44-/m1/s1. The Bertz CT molecular complexity index is 1560. The number of hydrogen-bond acceptors (Lipinski definition) is 17. The molecule has 9 rings (SSSR count). The summed E-state index contributed by atoms with van der Waals surface area (Å²) in [6.45, 7) is 8.01. The van der Waals surface area contributed by atoms with E-state index in [1.54, 1.807) is 0 Å². The number of aliphatic hydroxyl groups excluding tert-OH is 9. The highest BCUT2D eigenvalue weighted by Gasteiger charge is 2.68. The van der Waals surface area contributed by atoms with E-state index in [4.69, 9.17) is 37.9 Å². The summed E-state index contributed by atoms with van der Waals surface area (Å²) in [7, 11) is 0. The SMILES string of the molecule is C[C@@H]1CC[C@@]2(OC1)O[C@H]1C[C@H]3[C@@H]4CC=C5C[C@@H](O[C@@H]6O[C@H](CO)[C@@H](O)[C@H](O[C@@H]7O[C@H](CO)[C@@H](O)[C@H](O)[C@H]7O)[C@H]6O[C@@H]6O[C@@H](C)[C@H](O)[C@@H](O)[C@H]6O)CC[C@@H]5[C@H]4CC[C@]3(C)[C@H]1[C@@H]2C. The maximum absolute atomic E-state index is 11.6. The molecule has 8 fully saturated rings. The van der Waals surface area contributed by atoms with Crippen LogP contribution in [0, 0.1) is 46.8 Å². The van der Waals surface area contributed by atoms with Crippen LogP contribution >= 0.6 is 0 Å². The van der Waals surface area contributed by atoms with Gasteiger partial charge in [0.05, 0.1) is 38.1 Å². The highest BCUT2D eigenvalue weighted by atomic mass is 16.8. The molecule has 1 spiro atoms. The molecule has 5 aliphatic heterocycles. The van der Waals surface area contributed by atoms with Gasteiger partial charge in [0, 0.05) is 12.3 Å². The van der Waals surface area contributed by atoms with Gasteiger partial charge in [-0.05, 0) is 99.2 Å². The second-order valence-electron chi connectivity index (χ2n) is 20.4. The van der Waals surface area contributed by atoms with Crippen molar-refractivity contribution in [1.82, 2.24) is 0 Å². The smallest absolute Gasteiger partial charge is 0.187 e. The fraction of sp³-hybridized carbons (Fsp3) is 0.955. The third-order valence-corrected chi connectivity index (χ3v) is 17.0. The molecule has 0 aromatic carbocycles. The monoisotopic (exact) mass is 870 g/mol. The van der Waals surface area contributed by atoms with Crippen LogP contribution in [0.15, 0.2) is 11.6 Å². The second-order valence-corrected chi connectivity index (χ2v) is 20.4. The third kappa shape index (κ3) is 7.70. The number of allylic oxidation sites excluding steroid dienone is 1. The first kappa shape index (κ1) is 45.2. The number of rotatable bonds is 8. The molecule has 9 N–H and O–H groups in total. The minimum Gasteiger partial charge on any atom is -0.394 e. The predicted octanol–water partition coefficient (Wildman–Crippen LogP) is -0.176. The molecule has 17 nitrogen and oxygen atoms in total. The molecule has 0 radical (unpaired) electrons. The molecule has 9 aliphatic rings. The van der Waals surface area contributed by atoms with Gasteiger partial charge >= 0.3 is 0 Å². The average molecular weight is 871 g/mol.